The second-order valence-electron chi connectivity index (χ2n) is 7.00. The summed E-state index contributed by atoms with van der Waals surface area (Å²) in [6, 6.07) is 14.4. The van der Waals surface area contributed by atoms with Crippen molar-refractivity contribution in [1.82, 2.24) is 5.32 Å². The van der Waals surface area contributed by atoms with Gasteiger partial charge in [0.1, 0.15) is 5.75 Å². The van der Waals surface area contributed by atoms with Gasteiger partial charge >= 0.3 is 6.09 Å². The number of carboxylic acid groups (broad SMARTS) is 1. The third-order valence-corrected chi connectivity index (χ3v) is 5.78. The van der Waals surface area contributed by atoms with Crippen LogP contribution in [0.1, 0.15) is 50.8 Å². The Kier molecular flexibility index (Phi) is 5.21. The third-order valence-electron chi connectivity index (χ3n) is 5.78. The molecule has 2 aromatic carbocycles. The van der Waals surface area contributed by atoms with E-state index in [1.165, 1.54) is 5.56 Å². The monoisotopic (exact) mass is 353 g/mol. The lowest BCUT2D eigenvalue weighted by Crippen LogP contribution is -2.37. The van der Waals surface area contributed by atoms with Gasteiger partial charge in [0.25, 0.3) is 0 Å². The summed E-state index contributed by atoms with van der Waals surface area (Å²) in [4.78, 5) is 11.3. The van der Waals surface area contributed by atoms with Crippen LogP contribution in [0, 0.1) is 5.41 Å². The Morgan fingerprint density at radius 3 is 2.35 bits per heavy atom. The van der Waals surface area contributed by atoms with E-state index < -0.39 is 6.09 Å². The average molecular weight is 353 g/mol. The molecule has 4 nitrogen and oxygen atoms in total. The lowest BCUT2D eigenvalue weighted by molar-refractivity contribution is 0.157. The zero-order valence-electron chi connectivity index (χ0n) is 15.7. The number of amides is 1. The fourth-order valence-electron chi connectivity index (χ4n) is 4.20. The molecule has 138 valence electrons. The molecular weight excluding hydrogens is 326 g/mol. The fourth-order valence-corrected chi connectivity index (χ4v) is 4.20. The lowest BCUT2D eigenvalue weighted by Gasteiger charge is -2.33. The number of nitrogens with one attached hydrogen (secondary N) is 1. The summed E-state index contributed by atoms with van der Waals surface area (Å²) >= 11 is 0. The van der Waals surface area contributed by atoms with Gasteiger partial charge in [0.05, 0.1) is 12.6 Å². The highest BCUT2D eigenvalue weighted by Gasteiger charge is 2.44. The predicted molar refractivity (Wildman–Crippen MR) is 104 cm³/mol. The van der Waals surface area contributed by atoms with Gasteiger partial charge in [0.15, 0.2) is 0 Å². The molecule has 0 saturated carbocycles. The first kappa shape index (κ1) is 18.3. The van der Waals surface area contributed by atoms with Crippen molar-refractivity contribution < 1.29 is 14.6 Å². The maximum absolute atomic E-state index is 11.3. The van der Waals surface area contributed by atoms with E-state index in [4.69, 9.17) is 4.74 Å². The van der Waals surface area contributed by atoms with Gasteiger partial charge in [0, 0.05) is 0 Å². The maximum atomic E-state index is 11.3. The molecule has 2 aromatic rings. The fraction of sp³-hybridized carbons (Fsp3) is 0.409. The first-order chi connectivity index (χ1) is 12.5. The van der Waals surface area contributed by atoms with Gasteiger partial charge in [-0.3, -0.25) is 0 Å². The van der Waals surface area contributed by atoms with Crippen LogP contribution in [-0.2, 0) is 6.42 Å². The van der Waals surface area contributed by atoms with Gasteiger partial charge in [-0.05, 0) is 66.0 Å². The number of hydrogen-bond donors (Lipinski definition) is 2. The molecule has 0 aliphatic heterocycles. The molecular formula is C22H27NO3. The Morgan fingerprint density at radius 1 is 1.12 bits per heavy atom. The summed E-state index contributed by atoms with van der Waals surface area (Å²) in [5.74, 6) is 0.874. The van der Waals surface area contributed by atoms with E-state index in [1.54, 1.807) is 0 Å². The minimum atomic E-state index is -0.954. The van der Waals surface area contributed by atoms with Crippen LogP contribution in [0.4, 0.5) is 4.79 Å². The minimum absolute atomic E-state index is 0.0435. The van der Waals surface area contributed by atoms with Crippen LogP contribution in [0.3, 0.4) is 0 Å². The van der Waals surface area contributed by atoms with Gasteiger partial charge in [-0.2, -0.15) is 0 Å². The lowest BCUT2D eigenvalue weighted by atomic mass is 9.76. The molecule has 0 radical (unpaired) electrons. The van der Waals surface area contributed by atoms with Crippen LogP contribution in [0.5, 0.6) is 5.75 Å². The molecule has 0 bridgehead atoms. The summed E-state index contributed by atoms with van der Waals surface area (Å²) in [6.45, 7) is 6.94. The van der Waals surface area contributed by atoms with Crippen molar-refractivity contribution in [3.05, 3.63) is 53.6 Å². The molecule has 0 saturated heterocycles. The van der Waals surface area contributed by atoms with Gasteiger partial charge in [-0.25, -0.2) is 4.79 Å². The number of rotatable bonds is 6. The van der Waals surface area contributed by atoms with Gasteiger partial charge in [-0.15, -0.1) is 0 Å². The highest BCUT2D eigenvalue weighted by Crippen LogP contribution is 2.50. The summed E-state index contributed by atoms with van der Waals surface area (Å²) in [5.41, 5.74) is 4.62. The van der Waals surface area contributed by atoms with Gasteiger partial charge < -0.3 is 15.2 Å². The second-order valence-corrected chi connectivity index (χ2v) is 7.00. The van der Waals surface area contributed by atoms with Crippen LogP contribution < -0.4 is 10.1 Å². The average Bonchev–Trinajstić information content (AvgIpc) is 2.95. The topological polar surface area (TPSA) is 58.6 Å². The Hall–Kier alpha value is -2.49. The van der Waals surface area contributed by atoms with Crippen LogP contribution in [0.2, 0.25) is 0 Å². The van der Waals surface area contributed by atoms with Crippen molar-refractivity contribution in [3.8, 4) is 16.9 Å². The number of ether oxygens (including phenoxy) is 1. The van der Waals surface area contributed by atoms with Crippen molar-refractivity contribution in [2.45, 2.75) is 46.1 Å². The first-order valence-corrected chi connectivity index (χ1v) is 9.38. The zero-order chi connectivity index (χ0) is 18.7. The number of fused-ring (bicyclic) bond motifs is 1. The van der Waals surface area contributed by atoms with Crippen LogP contribution in [0.15, 0.2) is 42.5 Å². The molecule has 1 unspecified atom stereocenters. The molecule has 0 heterocycles. The Bertz CT molecular complexity index is 778. The van der Waals surface area contributed by atoms with Gasteiger partial charge in [-0.1, -0.05) is 44.2 Å². The standard InChI is InChI=1S/C22H27NO3/c1-4-22(5-2)14-17-13-16(9-12-19(17)20(22)23-21(24)25)15-7-10-18(11-8-15)26-6-3/h7-13,20,23H,4-6,14H2,1-3H3,(H,24,25). The Labute approximate surface area is 155 Å². The van der Waals surface area contributed by atoms with Crippen molar-refractivity contribution in [2.24, 2.45) is 5.41 Å². The van der Waals surface area contributed by atoms with Gasteiger partial charge in [0.2, 0.25) is 0 Å². The molecule has 0 fully saturated rings. The minimum Gasteiger partial charge on any atom is -0.494 e. The Balaban J connectivity index is 1.95. The van der Waals surface area contributed by atoms with Crippen LogP contribution in [0.25, 0.3) is 11.1 Å². The van der Waals surface area contributed by atoms with Crippen molar-refractivity contribution in [1.29, 1.82) is 0 Å². The van der Waals surface area contributed by atoms with Crippen molar-refractivity contribution >= 4 is 6.09 Å². The smallest absolute Gasteiger partial charge is 0.405 e. The molecule has 0 aromatic heterocycles. The molecule has 1 aliphatic rings. The van der Waals surface area contributed by atoms with E-state index in [0.29, 0.717) is 6.61 Å². The van der Waals surface area contributed by atoms with Crippen LogP contribution in [-0.4, -0.2) is 17.8 Å². The molecule has 4 heteroatoms. The van der Waals surface area contributed by atoms with E-state index >= 15 is 0 Å². The van der Waals surface area contributed by atoms with Crippen molar-refractivity contribution in [3.63, 3.8) is 0 Å². The first-order valence-electron chi connectivity index (χ1n) is 9.38. The maximum Gasteiger partial charge on any atom is 0.405 e. The predicted octanol–water partition coefficient (Wildman–Crippen LogP) is 5.42. The number of hydrogen-bond acceptors (Lipinski definition) is 2. The second kappa shape index (κ2) is 7.40. The molecule has 2 N–H and O–H groups in total. The summed E-state index contributed by atoms with van der Waals surface area (Å²) < 4.78 is 5.51. The normalized spacial score (nSPS) is 17.6. The van der Waals surface area contributed by atoms with Crippen LogP contribution >= 0.6 is 0 Å². The quantitative estimate of drug-likeness (QED) is 0.728. The van der Waals surface area contributed by atoms with E-state index in [0.717, 1.165) is 41.7 Å². The van der Waals surface area contributed by atoms with E-state index in [9.17, 15) is 9.90 Å². The highest BCUT2D eigenvalue weighted by atomic mass is 16.5. The van der Waals surface area contributed by atoms with E-state index in [-0.39, 0.29) is 11.5 Å². The summed E-state index contributed by atoms with van der Waals surface area (Å²) in [5, 5.41) is 12.1. The zero-order valence-corrected chi connectivity index (χ0v) is 15.7. The van der Waals surface area contributed by atoms with Crippen molar-refractivity contribution in [2.75, 3.05) is 6.61 Å². The molecule has 0 spiro atoms. The third kappa shape index (κ3) is 3.28. The molecule has 1 amide bonds. The summed E-state index contributed by atoms with van der Waals surface area (Å²) in [7, 11) is 0. The molecule has 1 aliphatic carbocycles. The number of benzene rings is 2. The Morgan fingerprint density at radius 2 is 1.77 bits per heavy atom. The van der Waals surface area contributed by atoms with E-state index in [2.05, 4.69) is 49.5 Å². The molecule has 1 atom stereocenters. The van der Waals surface area contributed by atoms with E-state index in [1.807, 2.05) is 19.1 Å². The largest absolute Gasteiger partial charge is 0.494 e. The highest BCUT2D eigenvalue weighted by molar-refractivity contribution is 5.69. The number of carbonyl (C=O) groups is 1. The SMILES string of the molecule is CCOc1ccc(-c2ccc3c(c2)CC(CC)(CC)C3NC(=O)O)cc1. The molecule has 26 heavy (non-hydrogen) atoms. The summed E-state index contributed by atoms with van der Waals surface area (Å²) in [6.07, 6.45) is 1.85. The molecule has 3 rings (SSSR count).